The van der Waals surface area contributed by atoms with E-state index in [4.69, 9.17) is 5.73 Å². The summed E-state index contributed by atoms with van der Waals surface area (Å²) in [5.74, 6) is -0.505. The number of nitrogens with one attached hydrogen (secondary N) is 1. The monoisotopic (exact) mass is 357 g/mol. The largest absolute Gasteiger partial charge is 0.468 e. The highest BCUT2D eigenvalue weighted by molar-refractivity contribution is 5.76. The molecular formula is C17H19N5O4. The number of carbonyl (C=O) groups is 1. The first kappa shape index (κ1) is 17.6. The maximum Gasteiger partial charge on any atom is 0.333 e. The van der Waals surface area contributed by atoms with Gasteiger partial charge in [-0.1, -0.05) is 6.08 Å². The fraction of sp³-hybridized carbons (Fsp3) is 0.294. The van der Waals surface area contributed by atoms with Crippen LogP contribution in [0.5, 0.6) is 0 Å². The van der Waals surface area contributed by atoms with E-state index in [1.807, 2.05) is 0 Å². The highest BCUT2D eigenvalue weighted by atomic mass is 16.5. The summed E-state index contributed by atoms with van der Waals surface area (Å²) < 4.78 is 7.11. The van der Waals surface area contributed by atoms with E-state index in [9.17, 15) is 14.4 Å². The Morgan fingerprint density at radius 2 is 2.23 bits per heavy atom. The van der Waals surface area contributed by atoms with Gasteiger partial charge in [-0.05, 0) is 24.1 Å². The lowest BCUT2D eigenvalue weighted by molar-refractivity contribution is -0.142. The van der Waals surface area contributed by atoms with Gasteiger partial charge in [-0.15, -0.1) is 0 Å². The van der Waals surface area contributed by atoms with Gasteiger partial charge in [0, 0.05) is 19.4 Å². The second kappa shape index (κ2) is 6.96. The molecule has 1 unspecified atom stereocenters. The van der Waals surface area contributed by atoms with Crippen LogP contribution in [0.15, 0.2) is 52.0 Å². The molecule has 9 nitrogen and oxygen atoms in total. The van der Waals surface area contributed by atoms with Gasteiger partial charge in [-0.25, -0.2) is 9.36 Å². The normalized spacial score (nSPS) is 17.5. The Bertz CT molecular complexity index is 1030. The molecule has 2 aromatic rings. The molecule has 2 aromatic heterocycles. The number of esters is 1. The Morgan fingerprint density at radius 3 is 2.88 bits per heavy atom. The predicted molar refractivity (Wildman–Crippen MR) is 95.2 cm³/mol. The van der Waals surface area contributed by atoms with Crippen molar-refractivity contribution in [3.63, 3.8) is 0 Å². The number of allylic oxidation sites excluding steroid dienone is 1. The number of nitrogens with two attached hydrogens (primary N) is 1. The molecule has 0 aromatic carbocycles. The maximum atomic E-state index is 12.7. The van der Waals surface area contributed by atoms with Crippen molar-refractivity contribution in [3.8, 4) is 0 Å². The quantitative estimate of drug-likeness (QED) is 0.709. The molecule has 0 amide bonds. The lowest BCUT2D eigenvalue weighted by Crippen LogP contribution is -2.45. The Kier molecular flexibility index (Phi) is 4.72. The van der Waals surface area contributed by atoms with Crippen LogP contribution >= 0.6 is 0 Å². The second-order valence-corrected chi connectivity index (χ2v) is 5.93. The fourth-order valence-electron chi connectivity index (χ4n) is 2.85. The summed E-state index contributed by atoms with van der Waals surface area (Å²) in [4.78, 5) is 40.7. The number of methoxy groups -OCH3 is 1. The molecule has 0 saturated heterocycles. The number of carbonyl (C=O) groups excluding carboxylic acids is 1. The summed E-state index contributed by atoms with van der Waals surface area (Å²) in [6, 6.07) is 0.801. The van der Waals surface area contributed by atoms with E-state index in [0.29, 0.717) is 10.9 Å². The molecule has 26 heavy (non-hydrogen) atoms. The van der Waals surface area contributed by atoms with Crippen LogP contribution in [-0.4, -0.2) is 33.2 Å². The van der Waals surface area contributed by atoms with E-state index in [-0.39, 0.29) is 6.42 Å². The number of fused-ring (bicyclic) bond motifs is 1. The van der Waals surface area contributed by atoms with Crippen molar-refractivity contribution >= 4 is 16.9 Å². The Hall–Kier alpha value is -3.20. The van der Waals surface area contributed by atoms with Gasteiger partial charge in [0.1, 0.15) is 12.2 Å². The van der Waals surface area contributed by atoms with Gasteiger partial charge in [-0.3, -0.25) is 19.1 Å². The molecule has 136 valence electrons. The second-order valence-electron chi connectivity index (χ2n) is 5.93. The maximum absolute atomic E-state index is 12.7. The molecule has 0 spiro atoms. The van der Waals surface area contributed by atoms with Crippen LogP contribution in [0.4, 0.5) is 0 Å². The Morgan fingerprint density at radius 1 is 1.46 bits per heavy atom. The molecule has 9 heteroatoms. The van der Waals surface area contributed by atoms with Gasteiger partial charge in [-0.2, -0.15) is 0 Å². The Balaban J connectivity index is 1.91. The van der Waals surface area contributed by atoms with Gasteiger partial charge in [0.2, 0.25) is 0 Å². The Labute approximate surface area is 148 Å². The van der Waals surface area contributed by atoms with E-state index < -0.39 is 29.4 Å². The average Bonchev–Trinajstić information content (AvgIpc) is 2.67. The summed E-state index contributed by atoms with van der Waals surface area (Å²) in [5, 5.41) is 3.40. The van der Waals surface area contributed by atoms with Crippen molar-refractivity contribution in [1.29, 1.82) is 0 Å². The van der Waals surface area contributed by atoms with E-state index in [0.717, 1.165) is 10.1 Å². The SMILES string of the molecule is COC(=O)[C@@H](N)CC1=CNC(n2c(=O)c3ccncc3n(C)c2=O)C=C1. The first-order chi connectivity index (χ1) is 12.4. The van der Waals surface area contributed by atoms with Crippen molar-refractivity contribution in [2.75, 3.05) is 7.11 Å². The molecule has 1 aliphatic rings. The molecule has 0 radical (unpaired) electrons. The molecule has 1 aliphatic heterocycles. The van der Waals surface area contributed by atoms with Crippen LogP contribution in [-0.2, 0) is 16.6 Å². The third kappa shape index (κ3) is 3.04. The first-order valence-corrected chi connectivity index (χ1v) is 7.96. The molecule has 0 aliphatic carbocycles. The summed E-state index contributed by atoms with van der Waals surface area (Å²) in [7, 11) is 2.87. The molecule has 2 atom stereocenters. The number of aromatic nitrogens is 3. The highest BCUT2D eigenvalue weighted by Crippen LogP contribution is 2.15. The standard InChI is InChI=1S/C17H19N5O4/c1-21-13-9-19-6-5-11(13)15(23)22(17(21)25)14-4-3-10(8-20-14)7-12(18)16(24)26-2/h3-6,8-9,12,14,20H,7,18H2,1-2H3/t12-,14?/m0/s1. The third-order valence-electron chi connectivity index (χ3n) is 4.27. The van der Waals surface area contributed by atoms with Crippen LogP contribution in [0.25, 0.3) is 10.9 Å². The van der Waals surface area contributed by atoms with Crippen molar-refractivity contribution < 1.29 is 9.53 Å². The summed E-state index contributed by atoms with van der Waals surface area (Å²) in [5.41, 5.74) is 6.11. The smallest absolute Gasteiger partial charge is 0.333 e. The zero-order valence-corrected chi connectivity index (χ0v) is 14.4. The number of hydrogen-bond acceptors (Lipinski definition) is 7. The van der Waals surface area contributed by atoms with Crippen LogP contribution in [0, 0.1) is 0 Å². The van der Waals surface area contributed by atoms with Crippen molar-refractivity contribution in [2.45, 2.75) is 18.6 Å². The number of rotatable bonds is 4. The van der Waals surface area contributed by atoms with Crippen molar-refractivity contribution in [2.24, 2.45) is 12.8 Å². The fourth-order valence-corrected chi connectivity index (χ4v) is 2.85. The van der Waals surface area contributed by atoms with Gasteiger partial charge < -0.3 is 15.8 Å². The minimum Gasteiger partial charge on any atom is -0.468 e. The molecule has 3 heterocycles. The summed E-state index contributed by atoms with van der Waals surface area (Å²) >= 11 is 0. The van der Waals surface area contributed by atoms with Crippen LogP contribution in [0.2, 0.25) is 0 Å². The van der Waals surface area contributed by atoms with Gasteiger partial charge in [0.15, 0.2) is 0 Å². The molecule has 0 saturated carbocycles. The summed E-state index contributed by atoms with van der Waals surface area (Å²) in [6.45, 7) is 0. The van der Waals surface area contributed by atoms with E-state index >= 15 is 0 Å². The van der Waals surface area contributed by atoms with Crippen molar-refractivity contribution in [1.82, 2.24) is 19.4 Å². The topological polar surface area (TPSA) is 121 Å². The number of pyridine rings is 1. The van der Waals surface area contributed by atoms with E-state index in [2.05, 4.69) is 15.0 Å². The van der Waals surface area contributed by atoms with Crippen molar-refractivity contribution in [3.05, 3.63) is 63.2 Å². The molecule has 3 rings (SSSR count). The van der Waals surface area contributed by atoms with Gasteiger partial charge in [0.05, 0.1) is 24.2 Å². The van der Waals surface area contributed by atoms with Gasteiger partial charge in [0.25, 0.3) is 5.56 Å². The summed E-state index contributed by atoms with van der Waals surface area (Å²) in [6.07, 6.45) is 7.67. The lowest BCUT2D eigenvalue weighted by atomic mass is 10.1. The predicted octanol–water partition coefficient (Wildman–Crippen LogP) is -0.472. The molecule has 0 fully saturated rings. The lowest BCUT2D eigenvalue weighted by Gasteiger charge is -2.22. The average molecular weight is 357 g/mol. The zero-order valence-electron chi connectivity index (χ0n) is 14.4. The molecule has 0 bridgehead atoms. The van der Waals surface area contributed by atoms with Crippen LogP contribution in [0.3, 0.4) is 0 Å². The molecular weight excluding hydrogens is 338 g/mol. The van der Waals surface area contributed by atoms with Crippen LogP contribution in [0.1, 0.15) is 12.6 Å². The number of aryl methyl sites for hydroxylation is 1. The van der Waals surface area contributed by atoms with E-state index in [1.165, 1.54) is 24.1 Å². The highest BCUT2D eigenvalue weighted by Gasteiger charge is 2.20. The third-order valence-corrected chi connectivity index (χ3v) is 4.27. The number of ether oxygens (including phenoxy) is 1. The van der Waals surface area contributed by atoms with E-state index in [1.54, 1.807) is 31.5 Å². The van der Waals surface area contributed by atoms with Crippen LogP contribution < -0.4 is 22.3 Å². The van der Waals surface area contributed by atoms with Gasteiger partial charge >= 0.3 is 11.7 Å². The number of dihydropyridines is 1. The zero-order chi connectivity index (χ0) is 18.8. The minimum absolute atomic E-state index is 0.277. The molecule has 3 N–H and O–H groups in total. The first-order valence-electron chi connectivity index (χ1n) is 7.96. The minimum atomic E-state index is -0.780. The number of hydrogen-bond donors (Lipinski definition) is 2. The number of nitrogens with zero attached hydrogens (tertiary/aromatic N) is 3.